The summed E-state index contributed by atoms with van der Waals surface area (Å²) in [7, 11) is -2.88. The number of benzene rings is 1. The molecule has 1 aliphatic rings. The number of alkyl halides is 2. The summed E-state index contributed by atoms with van der Waals surface area (Å²) in [6, 6.07) is 4.28. The van der Waals surface area contributed by atoms with E-state index in [-0.39, 0.29) is 31.0 Å². The van der Waals surface area contributed by atoms with Crippen molar-refractivity contribution in [3.05, 3.63) is 53.2 Å². The van der Waals surface area contributed by atoms with Crippen LogP contribution in [0.15, 0.2) is 30.5 Å². The third-order valence-electron chi connectivity index (χ3n) is 5.98. The van der Waals surface area contributed by atoms with Gasteiger partial charge >= 0.3 is 6.03 Å². The van der Waals surface area contributed by atoms with Crippen molar-refractivity contribution in [2.45, 2.75) is 26.3 Å². The number of carbonyl (C=O) groups excluding carboxylic acids is 1. The maximum atomic E-state index is 14.7. The maximum Gasteiger partial charge on any atom is 0.314 e. The van der Waals surface area contributed by atoms with Crippen LogP contribution < -0.4 is 16.5 Å². The van der Waals surface area contributed by atoms with E-state index in [4.69, 9.17) is 5.73 Å². The van der Waals surface area contributed by atoms with E-state index in [9.17, 15) is 22.5 Å². The van der Waals surface area contributed by atoms with E-state index in [1.54, 1.807) is 19.9 Å². The number of nitrogens with zero attached hydrogens (tertiary/aromatic N) is 4. The first kappa shape index (κ1) is 23.9. The fourth-order valence-electron chi connectivity index (χ4n) is 4.06. The van der Waals surface area contributed by atoms with Gasteiger partial charge in [0.1, 0.15) is 30.0 Å². The molecular formula is C22H24F3N6O2P. The maximum absolute atomic E-state index is 14.7. The summed E-state index contributed by atoms with van der Waals surface area (Å²) in [4.78, 5) is 26.0. The minimum atomic E-state index is -2.93. The highest BCUT2D eigenvalue weighted by Gasteiger charge is 2.33. The lowest BCUT2D eigenvalue weighted by atomic mass is 10.0. The Balaban J connectivity index is 1.69. The van der Waals surface area contributed by atoms with Gasteiger partial charge in [-0.1, -0.05) is 18.2 Å². The molecule has 0 spiro atoms. The second kappa shape index (κ2) is 9.21. The van der Waals surface area contributed by atoms with Gasteiger partial charge < -0.3 is 20.5 Å². The van der Waals surface area contributed by atoms with Gasteiger partial charge in [0.05, 0.1) is 23.3 Å². The Bertz CT molecular complexity index is 1290. The van der Waals surface area contributed by atoms with E-state index in [0.717, 1.165) is 6.07 Å². The highest BCUT2D eigenvalue weighted by atomic mass is 31.2. The zero-order chi connectivity index (χ0) is 24.6. The number of amides is 2. The molecule has 0 saturated carbocycles. The van der Waals surface area contributed by atoms with Gasteiger partial charge in [-0.15, -0.1) is 0 Å². The molecule has 0 bridgehead atoms. The number of carbonyl (C=O) groups is 1. The monoisotopic (exact) mass is 492 g/mol. The summed E-state index contributed by atoms with van der Waals surface area (Å²) in [6.45, 7) is 3.88. The smallest absolute Gasteiger partial charge is 0.314 e. The summed E-state index contributed by atoms with van der Waals surface area (Å²) in [5, 5.41) is 3.62. The first-order valence-corrected chi connectivity index (χ1v) is 12.8. The predicted molar refractivity (Wildman–Crippen MR) is 124 cm³/mol. The molecule has 12 heteroatoms. The average molecular weight is 492 g/mol. The van der Waals surface area contributed by atoms with Gasteiger partial charge in [-0.2, -0.15) is 0 Å². The number of hydrogen-bond donors (Lipinski definition) is 2. The molecule has 1 saturated heterocycles. The number of fused-ring (bicyclic) bond motifs is 1. The van der Waals surface area contributed by atoms with Crippen molar-refractivity contribution < 1.29 is 22.5 Å². The first-order valence-electron chi connectivity index (χ1n) is 10.7. The molecule has 1 fully saturated rings. The molecule has 34 heavy (non-hydrogen) atoms. The molecule has 0 radical (unpaired) electrons. The minimum absolute atomic E-state index is 0.0723. The summed E-state index contributed by atoms with van der Waals surface area (Å²) in [5.41, 5.74) is 5.61. The van der Waals surface area contributed by atoms with Crippen molar-refractivity contribution in [2.24, 2.45) is 5.73 Å². The Morgan fingerprint density at radius 1 is 1.21 bits per heavy atom. The second-order valence-electron chi connectivity index (χ2n) is 8.26. The van der Waals surface area contributed by atoms with Gasteiger partial charge in [0.15, 0.2) is 0 Å². The van der Waals surface area contributed by atoms with E-state index < -0.39 is 37.0 Å². The van der Waals surface area contributed by atoms with Crippen molar-refractivity contribution in [3.8, 4) is 0 Å². The van der Waals surface area contributed by atoms with Crippen molar-refractivity contribution in [1.82, 2.24) is 19.9 Å². The number of pyridine rings is 1. The molecule has 1 atom stereocenters. The van der Waals surface area contributed by atoms with Gasteiger partial charge in [-0.3, -0.25) is 4.98 Å². The number of hydrogen-bond acceptors (Lipinski definition) is 6. The zero-order valence-corrected chi connectivity index (χ0v) is 19.5. The topological polar surface area (TPSA) is 114 Å². The Hall–Kier alpha value is -3.20. The average Bonchev–Trinajstić information content (AvgIpc) is 2.78. The molecule has 2 amide bonds. The highest BCUT2D eigenvalue weighted by molar-refractivity contribution is 7.71. The molecule has 0 unspecified atom stereocenters. The van der Waals surface area contributed by atoms with E-state index in [1.807, 2.05) is 0 Å². The first-order chi connectivity index (χ1) is 16.1. The largest absolute Gasteiger partial charge is 0.363 e. The molecule has 3 N–H and O–H groups in total. The number of urea groups is 1. The molecular weight excluding hydrogens is 468 g/mol. The number of rotatable bonds is 5. The van der Waals surface area contributed by atoms with Crippen molar-refractivity contribution in [3.63, 3.8) is 0 Å². The van der Waals surface area contributed by atoms with Crippen LogP contribution in [0.1, 0.15) is 36.3 Å². The molecule has 3 heterocycles. The number of halogens is 3. The van der Waals surface area contributed by atoms with Crippen LogP contribution in [0.3, 0.4) is 0 Å². The summed E-state index contributed by atoms with van der Waals surface area (Å²) < 4.78 is 54.6. The quantitative estimate of drug-likeness (QED) is 0.521. The van der Waals surface area contributed by atoms with Gasteiger partial charge in [-0.25, -0.2) is 27.9 Å². The fraction of sp³-hybridized carbons (Fsp3) is 0.364. The third kappa shape index (κ3) is 4.57. The van der Waals surface area contributed by atoms with Crippen LogP contribution in [0.2, 0.25) is 0 Å². The van der Waals surface area contributed by atoms with E-state index in [0.29, 0.717) is 28.0 Å². The SMILES string of the molecule is Cc1nc(N[C@H](C)c2cccc(C(F)F)c2F)c2cc(P3(=O)CCN(C(N)=O)CC3)ncc2n1. The Morgan fingerprint density at radius 3 is 2.53 bits per heavy atom. The van der Waals surface area contributed by atoms with Crippen LogP contribution in [0.4, 0.5) is 23.8 Å². The molecule has 4 rings (SSSR count). The second-order valence-corrected chi connectivity index (χ2v) is 11.4. The zero-order valence-electron chi connectivity index (χ0n) is 18.6. The van der Waals surface area contributed by atoms with Gasteiger partial charge in [0.2, 0.25) is 0 Å². The molecule has 8 nitrogen and oxygen atoms in total. The lowest BCUT2D eigenvalue weighted by molar-refractivity contribution is 0.146. The summed E-state index contributed by atoms with van der Waals surface area (Å²) in [5.74, 6) is -0.191. The lowest BCUT2D eigenvalue weighted by Crippen LogP contribution is -2.44. The number of aromatic nitrogens is 3. The third-order valence-corrected chi connectivity index (χ3v) is 8.91. The van der Waals surface area contributed by atoms with Gasteiger partial charge in [-0.05, 0) is 19.9 Å². The predicted octanol–water partition coefficient (Wildman–Crippen LogP) is 3.97. The van der Waals surface area contributed by atoms with Gasteiger partial charge in [0, 0.05) is 36.4 Å². The molecule has 0 aliphatic carbocycles. The van der Waals surface area contributed by atoms with Crippen molar-refractivity contribution in [1.29, 1.82) is 0 Å². The van der Waals surface area contributed by atoms with Crippen LogP contribution in [0, 0.1) is 12.7 Å². The van der Waals surface area contributed by atoms with Gasteiger partial charge in [0.25, 0.3) is 6.43 Å². The molecule has 1 aliphatic heterocycles. The van der Waals surface area contributed by atoms with Crippen LogP contribution in [-0.4, -0.2) is 51.3 Å². The van der Waals surface area contributed by atoms with E-state index in [1.165, 1.54) is 23.2 Å². The number of nitrogens with one attached hydrogen (secondary N) is 1. The minimum Gasteiger partial charge on any atom is -0.363 e. The molecule has 3 aromatic rings. The number of aryl methyl sites for hydroxylation is 1. The normalized spacial score (nSPS) is 16.6. The van der Waals surface area contributed by atoms with Crippen LogP contribution in [-0.2, 0) is 4.57 Å². The van der Waals surface area contributed by atoms with Crippen molar-refractivity contribution >= 4 is 35.3 Å². The van der Waals surface area contributed by atoms with E-state index in [2.05, 4.69) is 20.3 Å². The number of primary amides is 1. The van der Waals surface area contributed by atoms with Crippen molar-refractivity contribution in [2.75, 3.05) is 30.7 Å². The highest BCUT2D eigenvalue weighted by Crippen LogP contribution is 2.46. The Morgan fingerprint density at radius 2 is 1.88 bits per heavy atom. The Kier molecular flexibility index (Phi) is 6.49. The van der Waals surface area contributed by atoms with E-state index >= 15 is 0 Å². The van der Waals surface area contributed by atoms with Crippen LogP contribution in [0.25, 0.3) is 10.9 Å². The molecule has 180 valence electrons. The summed E-state index contributed by atoms with van der Waals surface area (Å²) in [6.07, 6.45) is -0.910. The van der Waals surface area contributed by atoms with Crippen LogP contribution >= 0.6 is 7.14 Å². The fourth-order valence-corrected chi connectivity index (χ4v) is 6.51. The lowest BCUT2D eigenvalue weighted by Gasteiger charge is -2.30. The number of nitrogens with two attached hydrogens (primary N) is 1. The Labute approximate surface area is 194 Å². The standard InChI is InChI=1S/C22H24F3N6O2P/c1-12(14-4-3-5-15(19(14)23)20(24)25)28-21-16-10-18(27-11-17(16)29-13(2)30-21)34(33)8-6-31(7-9-34)22(26)32/h3-5,10-12,20H,6-9H2,1-2H3,(H2,26,32)(H,28,29,30)/t12-/m1/s1. The molecule has 1 aromatic carbocycles. The van der Waals surface area contributed by atoms with Crippen LogP contribution in [0.5, 0.6) is 0 Å². The number of anilines is 1. The molecule has 2 aromatic heterocycles. The summed E-state index contributed by atoms with van der Waals surface area (Å²) >= 11 is 0.